The second-order valence-electron chi connectivity index (χ2n) is 9.14. The van der Waals surface area contributed by atoms with Crippen molar-refractivity contribution in [3.05, 3.63) is 77.3 Å². The molecule has 1 aliphatic heterocycles. The first-order valence-electron chi connectivity index (χ1n) is 11.9. The molecule has 1 amide bonds. The van der Waals surface area contributed by atoms with E-state index in [9.17, 15) is 4.79 Å². The Hall–Kier alpha value is -3.82. The number of nitrogen functional groups attached to an aromatic ring is 1. The Morgan fingerprint density at radius 2 is 1.75 bits per heavy atom. The van der Waals surface area contributed by atoms with Crippen LogP contribution in [-0.4, -0.2) is 50.6 Å². The zero-order chi connectivity index (χ0) is 25.1. The van der Waals surface area contributed by atoms with Gasteiger partial charge in [0.25, 0.3) is 5.91 Å². The third kappa shape index (κ3) is 5.37. The van der Waals surface area contributed by atoms with Crippen molar-refractivity contribution in [1.82, 2.24) is 24.8 Å². The summed E-state index contributed by atoms with van der Waals surface area (Å²) in [5.41, 5.74) is 11.4. The van der Waals surface area contributed by atoms with Crippen LogP contribution >= 0.6 is 11.5 Å². The molecule has 1 saturated heterocycles. The molecule has 2 aromatic carbocycles. The van der Waals surface area contributed by atoms with E-state index in [1.165, 1.54) is 11.5 Å². The van der Waals surface area contributed by atoms with Gasteiger partial charge in [0.1, 0.15) is 12.3 Å². The standard InChI is InChI=1S/C27H28N6O2S/c1-17-13-33(14-18(2)30-17)27(34)22-9-7-20(8-10-22)23-11-25(26(28)29-12-23)35-15-19-3-5-21(6-4-19)24-16-36-32-31-24/h3-12,16-18,30H,13-15H2,1-2H3,(H2,28,29). The Morgan fingerprint density at radius 1 is 1.06 bits per heavy atom. The van der Waals surface area contributed by atoms with E-state index in [4.69, 9.17) is 10.5 Å². The van der Waals surface area contributed by atoms with E-state index in [1.807, 2.05) is 64.9 Å². The van der Waals surface area contributed by atoms with Crippen molar-refractivity contribution < 1.29 is 9.53 Å². The van der Waals surface area contributed by atoms with Crippen molar-refractivity contribution in [2.45, 2.75) is 32.5 Å². The van der Waals surface area contributed by atoms with Gasteiger partial charge in [0.15, 0.2) is 11.6 Å². The monoisotopic (exact) mass is 500 g/mol. The molecule has 0 radical (unpaired) electrons. The fraction of sp³-hybridized carbons (Fsp3) is 0.259. The van der Waals surface area contributed by atoms with Gasteiger partial charge in [0.2, 0.25) is 0 Å². The van der Waals surface area contributed by atoms with E-state index in [2.05, 4.69) is 33.7 Å². The Morgan fingerprint density at radius 3 is 2.42 bits per heavy atom. The van der Waals surface area contributed by atoms with Crippen LogP contribution in [0.5, 0.6) is 5.75 Å². The number of nitrogens with two attached hydrogens (primary N) is 1. The van der Waals surface area contributed by atoms with Gasteiger partial charge in [-0.2, -0.15) is 0 Å². The quantitative estimate of drug-likeness (QED) is 0.408. The largest absolute Gasteiger partial charge is 0.485 e. The summed E-state index contributed by atoms with van der Waals surface area (Å²) in [6.45, 7) is 5.97. The number of hydrogen-bond acceptors (Lipinski definition) is 8. The predicted molar refractivity (Wildman–Crippen MR) is 142 cm³/mol. The SMILES string of the molecule is CC1CN(C(=O)c2ccc(-c3cnc(N)c(OCc4ccc(-c5csnn5)cc4)c3)cc2)CC(C)N1. The number of carbonyl (C=O) groups excluding carboxylic acids is 1. The molecule has 9 heteroatoms. The van der Waals surface area contributed by atoms with Crippen LogP contribution in [0.4, 0.5) is 5.82 Å². The smallest absolute Gasteiger partial charge is 0.253 e. The number of pyridine rings is 1. The average Bonchev–Trinajstić information content (AvgIpc) is 3.43. The molecule has 184 valence electrons. The maximum absolute atomic E-state index is 13.0. The third-order valence-electron chi connectivity index (χ3n) is 6.20. The minimum absolute atomic E-state index is 0.0539. The number of ether oxygens (including phenoxy) is 1. The van der Waals surface area contributed by atoms with Crippen LogP contribution in [0.25, 0.3) is 22.4 Å². The summed E-state index contributed by atoms with van der Waals surface area (Å²) in [7, 11) is 0. The molecule has 4 aromatic rings. The maximum Gasteiger partial charge on any atom is 0.253 e. The molecule has 0 saturated carbocycles. The lowest BCUT2D eigenvalue weighted by Crippen LogP contribution is -2.55. The molecule has 2 aromatic heterocycles. The van der Waals surface area contributed by atoms with Gasteiger partial charge in [0.05, 0.1) is 0 Å². The summed E-state index contributed by atoms with van der Waals surface area (Å²) >= 11 is 1.33. The highest BCUT2D eigenvalue weighted by molar-refractivity contribution is 7.03. The van der Waals surface area contributed by atoms with Gasteiger partial charge < -0.3 is 20.7 Å². The van der Waals surface area contributed by atoms with E-state index in [0.717, 1.165) is 27.9 Å². The highest BCUT2D eigenvalue weighted by Crippen LogP contribution is 2.28. The maximum atomic E-state index is 13.0. The summed E-state index contributed by atoms with van der Waals surface area (Å²) in [5, 5.41) is 9.47. The van der Waals surface area contributed by atoms with E-state index in [1.54, 1.807) is 6.20 Å². The van der Waals surface area contributed by atoms with Crippen molar-refractivity contribution >= 4 is 23.3 Å². The molecule has 0 aliphatic carbocycles. The normalized spacial score (nSPS) is 17.7. The molecule has 8 nitrogen and oxygen atoms in total. The van der Waals surface area contributed by atoms with E-state index in [0.29, 0.717) is 36.8 Å². The minimum atomic E-state index is 0.0539. The van der Waals surface area contributed by atoms with Crippen LogP contribution in [0.15, 0.2) is 66.2 Å². The topological polar surface area (TPSA) is 106 Å². The van der Waals surface area contributed by atoms with Crippen LogP contribution in [0.3, 0.4) is 0 Å². The second kappa shape index (κ2) is 10.4. The zero-order valence-electron chi connectivity index (χ0n) is 20.2. The van der Waals surface area contributed by atoms with Crippen LogP contribution in [-0.2, 0) is 6.61 Å². The number of nitrogens with one attached hydrogen (secondary N) is 1. The van der Waals surface area contributed by atoms with Crippen molar-refractivity contribution in [3.63, 3.8) is 0 Å². The fourth-order valence-corrected chi connectivity index (χ4v) is 4.90. The zero-order valence-corrected chi connectivity index (χ0v) is 21.0. The molecule has 2 atom stereocenters. The van der Waals surface area contributed by atoms with Gasteiger partial charge in [-0.1, -0.05) is 40.9 Å². The number of aromatic nitrogens is 3. The lowest BCUT2D eigenvalue weighted by Gasteiger charge is -2.36. The average molecular weight is 501 g/mol. The number of anilines is 1. The van der Waals surface area contributed by atoms with Gasteiger partial charge >= 0.3 is 0 Å². The van der Waals surface area contributed by atoms with Crippen LogP contribution in [0.1, 0.15) is 29.8 Å². The molecule has 3 heterocycles. The molecular formula is C27H28N6O2S. The van der Waals surface area contributed by atoms with Gasteiger partial charge in [-0.15, -0.1) is 5.10 Å². The molecule has 36 heavy (non-hydrogen) atoms. The highest BCUT2D eigenvalue weighted by atomic mass is 32.1. The Labute approximate surface area is 214 Å². The molecule has 0 spiro atoms. The van der Waals surface area contributed by atoms with Crippen molar-refractivity contribution in [2.24, 2.45) is 0 Å². The molecular weight excluding hydrogens is 472 g/mol. The lowest BCUT2D eigenvalue weighted by atomic mass is 10.0. The Balaban J connectivity index is 1.26. The van der Waals surface area contributed by atoms with Crippen molar-refractivity contribution in [2.75, 3.05) is 18.8 Å². The number of hydrogen-bond donors (Lipinski definition) is 2. The van der Waals surface area contributed by atoms with Gasteiger partial charge in [-0.3, -0.25) is 4.79 Å². The lowest BCUT2D eigenvalue weighted by molar-refractivity contribution is 0.0674. The summed E-state index contributed by atoms with van der Waals surface area (Å²) in [6, 6.07) is 18.0. The van der Waals surface area contributed by atoms with Gasteiger partial charge in [-0.25, -0.2) is 4.98 Å². The fourth-order valence-electron chi connectivity index (χ4n) is 4.43. The summed E-state index contributed by atoms with van der Waals surface area (Å²) in [5.74, 6) is 0.903. The van der Waals surface area contributed by atoms with Crippen molar-refractivity contribution in [3.8, 4) is 28.1 Å². The number of amides is 1. The third-order valence-corrected chi connectivity index (χ3v) is 6.70. The molecule has 0 bridgehead atoms. The van der Waals surface area contributed by atoms with Gasteiger partial charge in [-0.05, 0) is 54.7 Å². The van der Waals surface area contributed by atoms with Crippen molar-refractivity contribution in [1.29, 1.82) is 0 Å². The molecule has 5 rings (SSSR count). The Kier molecular flexibility index (Phi) is 6.92. The number of piperazine rings is 1. The number of carbonyl (C=O) groups is 1. The second-order valence-corrected chi connectivity index (χ2v) is 9.75. The molecule has 2 unspecified atom stereocenters. The predicted octanol–water partition coefficient (Wildman–Crippen LogP) is 4.25. The molecule has 1 fully saturated rings. The van der Waals surface area contributed by atoms with E-state index in [-0.39, 0.29) is 18.0 Å². The summed E-state index contributed by atoms with van der Waals surface area (Å²) < 4.78 is 9.90. The van der Waals surface area contributed by atoms with Gasteiger partial charge in [0, 0.05) is 53.4 Å². The van der Waals surface area contributed by atoms with E-state index < -0.39 is 0 Å². The first-order chi connectivity index (χ1) is 17.5. The summed E-state index contributed by atoms with van der Waals surface area (Å²) in [6.07, 6.45) is 1.72. The number of nitrogens with zero attached hydrogens (tertiary/aromatic N) is 4. The van der Waals surface area contributed by atoms with Crippen LogP contribution < -0.4 is 15.8 Å². The number of rotatable bonds is 6. The molecule has 3 N–H and O–H groups in total. The molecule has 1 aliphatic rings. The highest BCUT2D eigenvalue weighted by Gasteiger charge is 2.25. The minimum Gasteiger partial charge on any atom is -0.485 e. The van der Waals surface area contributed by atoms with E-state index >= 15 is 0 Å². The number of benzene rings is 2. The first kappa shape index (κ1) is 23.9. The summed E-state index contributed by atoms with van der Waals surface area (Å²) in [4.78, 5) is 19.2. The first-order valence-corrected chi connectivity index (χ1v) is 12.7. The Bertz CT molecular complexity index is 1320. The van der Waals surface area contributed by atoms with Crippen LogP contribution in [0, 0.1) is 0 Å². The van der Waals surface area contributed by atoms with Crippen LogP contribution in [0.2, 0.25) is 0 Å².